The topological polar surface area (TPSA) is 38.1 Å². The summed E-state index contributed by atoms with van der Waals surface area (Å²) in [5.41, 5.74) is 1.00. The lowest BCUT2D eigenvalue weighted by molar-refractivity contribution is 0.431. The fraction of sp³-hybridized carbons (Fsp3) is 0.700. The minimum Gasteiger partial charge on any atom is -0.437 e. The zero-order valence-electron chi connectivity index (χ0n) is 8.67. The fourth-order valence-electron chi connectivity index (χ4n) is 1.19. The summed E-state index contributed by atoms with van der Waals surface area (Å²) in [6, 6.07) is 0.795. The average molecular weight is 212 g/mol. The molecule has 1 fully saturated rings. The molecular weight excluding hydrogens is 196 g/mol. The SMILES string of the molecule is Cc1nc(SCCNC2CC2)oc1C. The predicted molar refractivity (Wildman–Crippen MR) is 57.7 cm³/mol. The first-order chi connectivity index (χ1) is 6.75. The van der Waals surface area contributed by atoms with Crippen molar-refractivity contribution in [2.75, 3.05) is 12.3 Å². The standard InChI is InChI=1S/C10H16N2OS/c1-7-8(2)13-10(12-7)14-6-5-11-9-3-4-9/h9,11H,3-6H2,1-2H3. The summed E-state index contributed by atoms with van der Waals surface area (Å²) >= 11 is 1.68. The Kier molecular flexibility index (Phi) is 3.13. The van der Waals surface area contributed by atoms with Crippen LogP contribution in [0.3, 0.4) is 0 Å². The smallest absolute Gasteiger partial charge is 0.256 e. The van der Waals surface area contributed by atoms with Crippen LogP contribution in [0.5, 0.6) is 0 Å². The summed E-state index contributed by atoms with van der Waals surface area (Å²) in [5, 5.41) is 4.26. The molecule has 0 spiro atoms. The van der Waals surface area contributed by atoms with Gasteiger partial charge in [-0.15, -0.1) is 0 Å². The number of rotatable bonds is 5. The van der Waals surface area contributed by atoms with Gasteiger partial charge in [0, 0.05) is 18.3 Å². The molecule has 4 heteroatoms. The summed E-state index contributed by atoms with van der Waals surface area (Å²) in [5.74, 6) is 1.97. The van der Waals surface area contributed by atoms with Gasteiger partial charge >= 0.3 is 0 Å². The number of thioether (sulfide) groups is 1. The third kappa shape index (κ3) is 2.75. The lowest BCUT2D eigenvalue weighted by Crippen LogP contribution is -2.19. The van der Waals surface area contributed by atoms with Gasteiger partial charge in [0.05, 0.1) is 5.69 Å². The molecule has 0 unspecified atom stereocenters. The maximum absolute atomic E-state index is 5.46. The highest BCUT2D eigenvalue weighted by atomic mass is 32.2. The number of hydrogen-bond acceptors (Lipinski definition) is 4. The molecule has 1 saturated carbocycles. The quantitative estimate of drug-likeness (QED) is 0.599. The molecule has 1 N–H and O–H groups in total. The highest BCUT2D eigenvalue weighted by Gasteiger charge is 2.19. The van der Waals surface area contributed by atoms with Gasteiger partial charge in [-0.05, 0) is 26.7 Å². The molecule has 1 aliphatic rings. The number of nitrogens with one attached hydrogen (secondary N) is 1. The molecule has 0 radical (unpaired) electrons. The van der Waals surface area contributed by atoms with E-state index in [1.165, 1.54) is 12.8 Å². The molecule has 0 aliphatic heterocycles. The highest BCUT2D eigenvalue weighted by Crippen LogP contribution is 2.21. The number of aryl methyl sites for hydroxylation is 2. The molecule has 0 atom stereocenters. The van der Waals surface area contributed by atoms with E-state index in [1.807, 2.05) is 13.8 Å². The first kappa shape index (κ1) is 10.1. The molecule has 0 bridgehead atoms. The average Bonchev–Trinajstić information content (AvgIpc) is 2.90. The van der Waals surface area contributed by atoms with E-state index in [1.54, 1.807) is 11.8 Å². The zero-order chi connectivity index (χ0) is 9.97. The van der Waals surface area contributed by atoms with Gasteiger partial charge in [0.25, 0.3) is 5.22 Å². The van der Waals surface area contributed by atoms with E-state index in [2.05, 4.69) is 10.3 Å². The van der Waals surface area contributed by atoms with E-state index in [0.29, 0.717) is 0 Å². The largest absolute Gasteiger partial charge is 0.437 e. The predicted octanol–water partition coefficient (Wildman–Crippen LogP) is 2.14. The molecule has 14 heavy (non-hydrogen) atoms. The van der Waals surface area contributed by atoms with Crippen molar-refractivity contribution in [1.29, 1.82) is 0 Å². The van der Waals surface area contributed by atoms with Crippen molar-refractivity contribution in [3.05, 3.63) is 11.5 Å². The van der Waals surface area contributed by atoms with Crippen LogP contribution in [0.4, 0.5) is 0 Å². The summed E-state index contributed by atoms with van der Waals surface area (Å²) in [6.45, 7) is 4.98. The molecule has 0 amide bonds. The van der Waals surface area contributed by atoms with E-state index in [0.717, 1.165) is 35.0 Å². The summed E-state index contributed by atoms with van der Waals surface area (Å²) < 4.78 is 5.46. The molecule has 1 aromatic rings. The number of hydrogen-bond donors (Lipinski definition) is 1. The van der Waals surface area contributed by atoms with Crippen LogP contribution in [0.2, 0.25) is 0 Å². The van der Waals surface area contributed by atoms with Gasteiger partial charge in [-0.1, -0.05) is 11.8 Å². The number of oxazole rings is 1. The molecule has 0 saturated heterocycles. The maximum atomic E-state index is 5.46. The summed E-state index contributed by atoms with van der Waals surface area (Å²) in [6.07, 6.45) is 2.70. The molecular formula is C10H16N2OS. The van der Waals surface area contributed by atoms with Crippen molar-refractivity contribution in [3.63, 3.8) is 0 Å². The molecule has 78 valence electrons. The Labute approximate surface area is 88.7 Å². The second-order valence-electron chi connectivity index (χ2n) is 3.70. The van der Waals surface area contributed by atoms with Crippen molar-refractivity contribution in [1.82, 2.24) is 10.3 Å². The van der Waals surface area contributed by atoms with Crippen molar-refractivity contribution in [2.24, 2.45) is 0 Å². The number of aromatic nitrogens is 1. The Morgan fingerprint density at radius 2 is 2.29 bits per heavy atom. The zero-order valence-corrected chi connectivity index (χ0v) is 9.49. The first-order valence-corrected chi connectivity index (χ1v) is 6.04. The second kappa shape index (κ2) is 4.36. The van der Waals surface area contributed by atoms with E-state index in [4.69, 9.17) is 4.42 Å². The first-order valence-electron chi connectivity index (χ1n) is 5.06. The van der Waals surface area contributed by atoms with Gasteiger partial charge in [0.1, 0.15) is 5.76 Å². The number of nitrogens with zero attached hydrogens (tertiary/aromatic N) is 1. The minimum atomic E-state index is 0.795. The fourth-order valence-corrected chi connectivity index (χ4v) is 1.97. The van der Waals surface area contributed by atoms with Crippen molar-refractivity contribution < 1.29 is 4.42 Å². The van der Waals surface area contributed by atoms with Crippen molar-refractivity contribution >= 4 is 11.8 Å². The van der Waals surface area contributed by atoms with Gasteiger partial charge in [-0.3, -0.25) is 0 Å². The van der Waals surface area contributed by atoms with Crippen LogP contribution < -0.4 is 5.32 Å². The maximum Gasteiger partial charge on any atom is 0.256 e. The van der Waals surface area contributed by atoms with Crippen LogP contribution in [0.25, 0.3) is 0 Å². The molecule has 3 nitrogen and oxygen atoms in total. The van der Waals surface area contributed by atoms with Gasteiger partial charge in [0.2, 0.25) is 0 Å². The van der Waals surface area contributed by atoms with E-state index in [9.17, 15) is 0 Å². The Hall–Kier alpha value is -0.480. The van der Waals surface area contributed by atoms with Crippen LogP contribution >= 0.6 is 11.8 Å². The van der Waals surface area contributed by atoms with Crippen LogP contribution in [0, 0.1) is 13.8 Å². The molecule has 1 aliphatic carbocycles. The summed E-state index contributed by atoms with van der Waals surface area (Å²) in [4.78, 5) is 4.31. The van der Waals surface area contributed by atoms with E-state index in [-0.39, 0.29) is 0 Å². The molecule has 0 aromatic carbocycles. The van der Waals surface area contributed by atoms with Crippen LogP contribution in [0.1, 0.15) is 24.3 Å². The van der Waals surface area contributed by atoms with Gasteiger partial charge < -0.3 is 9.73 Å². The Morgan fingerprint density at radius 1 is 1.50 bits per heavy atom. The molecule has 1 aromatic heterocycles. The van der Waals surface area contributed by atoms with Gasteiger partial charge in [-0.2, -0.15) is 0 Å². The lowest BCUT2D eigenvalue weighted by Gasteiger charge is -1.98. The molecule has 1 heterocycles. The Morgan fingerprint density at radius 3 is 2.86 bits per heavy atom. The highest BCUT2D eigenvalue weighted by molar-refractivity contribution is 7.99. The lowest BCUT2D eigenvalue weighted by atomic mass is 10.4. The van der Waals surface area contributed by atoms with Crippen molar-refractivity contribution in [2.45, 2.75) is 38.0 Å². The second-order valence-corrected chi connectivity index (χ2v) is 4.74. The van der Waals surface area contributed by atoms with Gasteiger partial charge in [-0.25, -0.2) is 4.98 Å². The monoisotopic (exact) mass is 212 g/mol. The van der Waals surface area contributed by atoms with E-state index >= 15 is 0 Å². The van der Waals surface area contributed by atoms with E-state index < -0.39 is 0 Å². The summed E-state index contributed by atoms with van der Waals surface area (Å²) in [7, 11) is 0. The van der Waals surface area contributed by atoms with Crippen LogP contribution in [-0.2, 0) is 0 Å². The third-order valence-electron chi connectivity index (χ3n) is 2.35. The van der Waals surface area contributed by atoms with Crippen LogP contribution in [-0.4, -0.2) is 23.3 Å². The normalized spacial score (nSPS) is 16.1. The minimum absolute atomic E-state index is 0.795. The van der Waals surface area contributed by atoms with Crippen LogP contribution in [0.15, 0.2) is 9.64 Å². The Balaban J connectivity index is 1.68. The third-order valence-corrected chi connectivity index (χ3v) is 3.18. The van der Waals surface area contributed by atoms with Crippen molar-refractivity contribution in [3.8, 4) is 0 Å². The molecule has 2 rings (SSSR count). The van der Waals surface area contributed by atoms with Gasteiger partial charge in [0.15, 0.2) is 0 Å². The Bertz CT molecular complexity index is 288.